The zero-order valence-corrected chi connectivity index (χ0v) is 13.0. The molecule has 0 saturated carbocycles. The molecule has 0 unspecified atom stereocenters. The highest BCUT2D eigenvalue weighted by Crippen LogP contribution is 2.53. The Morgan fingerprint density at radius 2 is 2.10 bits per heavy atom. The number of nitrogens with zero attached hydrogens (tertiary/aromatic N) is 1. The molecular formula is C19H24N2. The van der Waals surface area contributed by atoms with E-state index in [2.05, 4.69) is 54.6 Å². The number of H-pyrrole nitrogens is 1. The lowest BCUT2D eigenvalue weighted by Crippen LogP contribution is -2.45. The highest BCUT2D eigenvalue weighted by molar-refractivity contribution is 5.91. The molecule has 0 amide bonds. The molecular weight excluding hydrogens is 256 g/mol. The zero-order chi connectivity index (χ0) is 14.6. The van der Waals surface area contributed by atoms with Crippen molar-refractivity contribution >= 4 is 16.5 Å². The molecule has 1 aliphatic heterocycles. The van der Waals surface area contributed by atoms with Crippen LogP contribution in [0.2, 0.25) is 0 Å². The molecule has 1 N–H and O–H groups in total. The second-order valence-electron chi connectivity index (χ2n) is 6.53. The first-order valence-electron chi connectivity index (χ1n) is 8.30. The van der Waals surface area contributed by atoms with Gasteiger partial charge in [-0.25, -0.2) is 0 Å². The highest BCUT2D eigenvalue weighted by atomic mass is 15.2. The molecule has 1 aliphatic carbocycles. The summed E-state index contributed by atoms with van der Waals surface area (Å²) in [5.74, 6) is 1.38. The minimum atomic E-state index is 0.565. The topological polar surface area (TPSA) is 19.0 Å². The van der Waals surface area contributed by atoms with E-state index in [1.54, 1.807) is 0 Å². The molecule has 2 bridgehead atoms. The molecule has 4 rings (SSSR count). The van der Waals surface area contributed by atoms with Crippen LogP contribution < -0.4 is 0 Å². The molecule has 21 heavy (non-hydrogen) atoms. The van der Waals surface area contributed by atoms with Gasteiger partial charge in [-0.15, -0.1) is 0 Å². The molecule has 2 heteroatoms. The van der Waals surface area contributed by atoms with E-state index < -0.39 is 0 Å². The Bertz CT molecular complexity index is 697. The second-order valence-corrected chi connectivity index (χ2v) is 6.53. The van der Waals surface area contributed by atoms with Crippen molar-refractivity contribution in [3.8, 4) is 0 Å². The lowest BCUT2D eigenvalue weighted by atomic mass is 9.66. The summed E-state index contributed by atoms with van der Waals surface area (Å²) >= 11 is 0. The molecule has 1 aromatic carbocycles. The molecule has 1 fully saturated rings. The van der Waals surface area contributed by atoms with Gasteiger partial charge in [-0.2, -0.15) is 0 Å². The number of hydrogen-bond donors (Lipinski definition) is 1. The second kappa shape index (κ2) is 4.74. The average molecular weight is 280 g/mol. The molecule has 0 spiro atoms. The van der Waals surface area contributed by atoms with Crippen LogP contribution in [0.25, 0.3) is 16.5 Å². The van der Waals surface area contributed by atoms with Crippen molar-refractivity contribution in [2.75, 3.05) is 13.1 Å². The fourth-order valence-corrected chi connectivity index (χ4v) is 4.75. The molecule has 0 radical (unpaired) electrons. The van der Waals surface area contributed by atoms with Crippen molar-refractivity contribution in [2.24, 2.45) is 11.8 Å². The van der Waals surface area contributed by atoms with E-state index in [-0.39, 0.29) is 0 Å². The normalized spacial score (nSPS) is 28.9. The van der Waals surface area contributed by atoms with E-state index >= 15 is 0 Å². The smallest absolute Gasteiger partial charge is 0.0469 e. The Kier molecular flexibility index (Phi) is 2.97. The number of rotatable bonds is 2. The number of likely N-dealkylation sites (tertiary alicyclic amines) is 1. The lowest BCUT2D eigenvalue weighted by molar-refractivity contribution is 0.0650. The maximum atomic E-state index is 4.47. The third-order valence-corrected chi connectivity index (χ3v) is 5.73. The van der Waals surface area contributed by atoms with Crippen LogP contribution in [-0.4, -0.2) is 23.0 Å². The predicted octanol–water partition coefficient (Wildman–Crippen LogP) is 4.60. The van der Waals surface area contributed by atoms with Crippen molar-refractivity contribution in [3.63, 3.8) is 0 Å². The number of aromatic amines is 1. The first kappa shape index (κ1) is 13.1. The Morgan fingerprint density at radius 3 is 2.86 bits per heavy atom. The first-order chi connectivity index (χ1) is 10.3. The molecule has 110 valence electrons. The van der Waals surface area contributed by atoms with Crippen molar-refractivity contribution in [1.82, 2.24) is 9.88 Å². The van der Waals surface area contributed by atoms with E-state index in [9.17, 15) is 0 Å². The molecule has 2 nitrogen and oxygen atoms in total. The van der Waals surface area contributed by atoms with Gasteiger partial charge in [-0.1, -0.05) is 45.0 Å². The molecule has 2 heterocycles. The number of hydrogen-bond acceptors (Lipinski definition) is 1. The quantitative estimate of drug-likeness (QED) is 0.851. The monoisotopic (exact) mass is 280 g/mol. The van der Waals surface area contributed by atoms with Crippen molar-refractivity contribution in [3.05, 3.63) is 42.1 Å². The number of nitrogens with one attached hydrogen (secondary N) is 1. The van der Waals surface area contributed by atoms with Crippen LogP contribution in [0.3, 0.4) is 0 Å². The molecule has 3 atom stereocenters. The first-order valence-corrected chi connectivity index (χ1v) is 8.30. The summed E-state index contributed by atoms with van der Waals surface area (Å²) in [5.41, 5.74) is 5.46. The van der Waals surface area contributed by atoms with Gasteiger partial charge in [0.2, 0.25) is 0 Å². The van der Waals surface area contributed by atoms with Gasteiger partial charge in [0.25, 0.3) is 0 Å². The van der Waals surface area contributed by atoms with Gasteiger partial charge in [0.05, 0.1) is 0 Å². The summed E-state index contributed by atoms with van der Waals surface area (Å²) in [6, 6.07) is 9.31. The Morgan fingerprint density at radius 1 is 1.29 bits per heavy atom. The summed E-state index contributed by atoms with van der Waals surface area (Å²) in [6.45, 7) is 11.5. The SMILES string of the molecule is C=C1c2[nH]c3ccccc3c2[C@H]2[C@@H](CC)[C@@H]1CCN2CC. The van der Waals surface area contributed by atoms with E-state index in [4.69, 9.17) is 0 Å². The van der Waals surface area contributed by atoms with Crippen molar-refractivity contribution in [1.29, 1.82) is 0 Å². The third kappa shape index (κ3) is 1.69. The number of piperidine rings is 1. The number of benzene rings is 1. The van der Waals surface area contributed by atoms with E-state index in [1.807, 2.05) is 0 Å². The number of aromatic nitrogens is 1. The number of para-hydroxylation sites is 1. The van der Waals surface area contributed by atoms with Crippen LogP contribution in [0.15, 0.2) is 30.8 Å². The van der Waals surface area contributed by atoms with Crippen LogP contribution in [0, 0.1) is 11.8 Å². The fourth-order valence-electron chi connectivity index (χ4n) is 4.75. The minimum absolute atomic E-state index is 0.565. The maximum absolute atomic E-state index is 4.47. The summed E-state index contributed by atoms with van der Waals surface area (Å²) < 4.78 is 0. The standard InChI is InChI=1S/C19H24N2/c1-4-13-14-10-11-21(5-2)19(13)17-15-8-6-7-9-16(15)20-18(17)12(14)3/h6-9,13-14,19-20H,3-5,10-11H2,1-2H3/t13-,14+,19+/m0/s1. The van der Waals surface area contributed by atoms with Gasteiger partial charge in [0.15, 0.2) is 0 Å². The van der Waals surface area contributed by atoms with Gasteiger partial charge in [-0.3, -0.25) is 4.90 Å². The summed E-state index contributed by atoms with van der Waals surface area (Å²) in [6.07, 6.45) is 2.50. The van der Waals surface area contributed by atoms with Gasteiger partial charge in [0, 0.05) is 28.2 Å². The van der Waals surface area contributed by atoms with Crippen LogP contribution in [0.1, 0.15) is 44.0 Å². The summed E-state index contributed by atoms with van der Waals surface area (Å²) in [5, 5.41) is 1.40. The molecule has 2 aliphatic rings. The Balaban J connectivity index is 2.00. The van der Waals surface area contributed by atoms with E-state index in [1.165, 1.54) is 47.1 Å². The number of allylic oxidation sites excluding steroid dienone is 1. The van der Waals surface area contributed by atoms with Gasteiger partial charge >= 0.3 is 0 Å². The number of fused-ring (bicyclic) bond motifs is 6. The Hall–Kier alpha value is -1.54. The fraction of sp³-hybridized carbons (Fsp3) is 0.474. The maximum Gasteiger partial charge on any atom is 0.0469 e. The molecule has 1 aromatic heterocycles. The van der Waals surface area contributed by atoms with Crippen LogP contribution in [0.5, 0.6) is 0 Å². The molecule has 1 saturated heterocycles. The predicted molar refractivity (Wildman–Crippen MR) is 89.2 cm³/mol. The zero-order valence-electron chi connectivity index (χ0n) is 13.0. The van der Waals surface area contributed by atoms with E-state index in [0.29, 0.717) is 12.0 Å². The summed E-state index contributed by atoms with van der Waals surface area (Å²) in [7, 11) is 0. The van der Waals surface area contributed by atoms with Gasteiger partial charge in [0.1, 0.15) is 0 Å². The van der Waals surface area contributed by atoms with Crippen molar-refractivity contribution in [2.45, 2.75) is 32.7 Å². The summed E-state index contributed by atoms with van der Waals surface area (Å²) in [4.78, 5) is 6.33. The van der Waals surface area contributed by atoms with Crippen LogP contribution in [-0.2, 0) is 0 Å². The minimum Gasteiger partial charge on any atom is -0.355 e. The van der Waals surface area contributed by atoms with Crippen molar-refractivity contribution < 1.29 is 0 Å². The third-order valence-electron chi connectivity index (χ3n) is 5.73. The average Bonchev–Trinajstić information content (AvgIpc) is 2.91. The lowest BCUT2D eigenvalue weighted by Gasteiger charge is -2.49. The molecule has 2 aromatic rings. The Labute approximate surface area is 126 Å². The van der Waals surface area contributed by atoms with Gasteiger partial charge < -0.3 is 4.98 Å². The van der Waals surface area contributed by atoms with Crippen LogP contribution >= 0.6 is 0 Å². The van der Waals surface area contributed by atoms with Crippen LogP contribution in [0.4, 0.5) is 0 Å². The highest BCUT2D eigenvalue weighted by Gasteiger charge is 2.45. The largest absolute Gasteiger partial charge is 0.355 e. The van der Waals surface area contributed by atoms with Gasteiger partial charge in [-0.05, 0) is 43.0 Å². The van der Waals surface area contributed by atoms with E-state index in [0.717, 1.165) is 12.5 Å².